The van der Waals surface area contributed by atoms with E-state index in [0.29, 0.717) is 25.4 Å². The van der Waals surface area contributed by atoms with Gasteiger partial charge in [-0.05, 0) is 18.6 Å². The van der Waals surface area contributed by atoms with E-state index >= 15 is 0 Å². The van der Waals surface area contributed by atoms with E-state index in [1.54, 1.807) is 19.2 Å². The van der Waals surface area contributed by atoms with Crippen LogP contribution >= 0.6 is 0 Å². The number of esters is 1. The van der Waals surface area contributed by atoms with Crippen LogP contribution in [0, 0.1) is 0 Å². The molecule has 0 fully saturated rings. The molecule has 1 heterocycles. The van der Waals surface area contributed by atoms with Gasteiger partial charge in [-0.25, -0.2) is 4.79 Å². The van der Waals surface area contributed by atoms with Crippen molar-refractivity contribution in [2.75, 3.05) is 27.4 Å². The Morgan fingerprint density at radius 1 is 1.29 bits per heavy atom. The summed E-state index contributed by atoms with van der Waals surface area (Å²) < 4.78 is 14.9. The van der Waals surface area contributed by atoms with Gasteiger partial charge in [-0.1, -0.05) is 0 Å². The summed E-state index contributed by atoms with van der Waals surface area (Å²) in [5, 5.41) is 0. The molecule has 0 aliphatic heterocycles. The van der Waals surface area contributed by atoms with Gasteiger partial charge in [0, 0.05) is 26.5 Å². The van der Waals surface area contributed by atoms with Gasteiger partial charge in [0.05, 0.1) is 25.0 Å². The summed E-state index contributed by atoms with van der Waals surface area (Å²) in [6, 6.07) is 3.43. The Kier molecular flexibility index (Phi) is 6.21. The van der Waals surface area contributed by atoms with Gasteiger partial charge in [0.25, 0.3) is 0 Å². The molecule has 0 saturated heterocycles. The molecule has 1 rings (SSSR count). The van der Waals surface area contributed by atoms with Crippen LogP contribution in [0.5, 0.6) is 0 Å². The first kappa shape index (κ1) is 13.6. The molecule has 0 spiro atoms. The maximum absolute atomic E-state index is 11.1. The van der Waals surface area contributed by atoms with Crippen molar-refractivity contribution in [3.05, 3.63) is 29.6 Å². The zero-order valence-electron chi connectivity index (χ0n) is 10.1. The Morgan fingerprint density at radius 2 is 2.12 bits per heavy atom. The molecule has 0 saturated carbocycles. The minimum absolute atomic E-state index is 0.384. The summed E-state index contributed by atoms with van der Waals surface area (Å²) in [6.07, 6.45) is 2.34. The monoisotopic (exact) mass is 239 g/mol. The number of carbonyl (C=O) groups is 1. The number of ether oxygens (including phenoxy) is 3. The standard InChI is InChI=1S/C12H17NO4/c1-15-6-3-7-17-9-11-5-4-10(8-13-11)12(14)16-2/h4-5,8H,3,6-7,9H2,1-2H3. The SMILES string of the molecule is COCCCOCc1ccc(C(=O)OC)cn1. The van der Waals surface area contributed by atoms with E-state index in [0.717, 1.165) is 12.1 Å². The molecule has 0 aliphatic carbocycles. The third kappa shape index (κ3) is 4.93. The van der Waals surface area contributed by atoms with Gasteiger partial charge < -0.3 is 14.2 Å². The molecular formula is C12H17NO4. The number of carbonyl (C=O) groups excluding carboxylic acids is 1. The summed E-state index contributed by atoms with van der Waals surface area (Å²) in [5.74, 6) is -0.384. The highest BCUT2D eigenvalue weighted by Crippen LogP contribution is 2.03. The van der Waals surface area contributed by atoms with Gasteiger partial charge in [-0.15, -0.1) is 0 Å². The van der Waals surface area contributed by atoms with Gasteiger partial charge in [0.1, 0.15) is 0 Å². The lowest BCUT2D eigenvalue weighted by Gasteiger charge is -2.04. The van der Waals surface area contributed by atoms with Gasteiger partial charge in [-0.3, -0.25) is 4.98 Å². The lowest BCUT2D eigenvalue weighted by atomic mass is 10.2. The lowest BCUT2D eigenvalue weighted by molar-refractivity contribution is 0.0599. The van der Waals surface area contributed by atoms with Crippen molar-refractivity contribution in [2.45, 2.75) is 13.0 Å². The largest absolute Gasteiger partial charge is 0.465 e. The predicted octanol–water partition coefficient (Wildman–Crippen LogP) is 1.42. The van der Waals surface area contributed by atoms with E-state index in [9.17, 15) is 4.79 Å². The van der Waals surface area contributed by atoms with Gasteiger partial charge >= 0.3 is 5.97 Å². The Hall–Kier alpha value is -1.46. The van der Waals surface area contributed by atoms with Crippen LogP contribution < -0.4 is 0 Å². The molecule has 17 heavy (non-hydrogen) atoms. The van der Waals surface area contributed by atoms with E-state index in [2.05, 4.69) is 9.72 Å². The maximum atomic E-state index is 11.1. The second-order valence-electron chi connectivity index (χ2n) is 3.43. The molecule has 0 amide bonds. The molecule has 0 radical (unpaired) electrons. The zero-order chi connectivity index (χ0) is 12.5. The number of methoxy groups -OCH3 is 2. The van der Waals surface area contributed by atoms with Crippen LogP contribution in [-0.4, -0.2) is 38.4 Å². The summed E-state index contributed by atoms with van der Waals surface area (Å²) in [6.45, 7) is 1.76. The summed E-state index contributed by atoms with van der Waals surface area (Å²) >= 11 is 0. The quantitative estimate of drug-likeness (QED) is 0.532. The van der Waals surface area contributed by atoms with E-state index in [-0.39, 0.29) is 5.97 Å². The first-order valence-corrected chi connectivity index (χ1v) is 5.38. The molecule has 0 bridgehead atoms. The molecule has 0 aliphatic rings. The molecular weight excluding hydrogens is 222 g/mol. The average molecular weight is 239 g/mol. The van der Waals surface area contributed by atoms with Crippen LogP contribution in [0.15, 0.2) is 18.3 Å². The highest BCUT2D eigenvalue weighted by Gasteiger charge is 2.05. The predicted molar refractivity (Wildman–Crippen MR) is 61.7 cm³/mol. The van der Waals surface area contributed by atoms with Crippen molar-refractivity contribution in [3.63, 3.8) is 0 Å². The first-order valence-electron chi connectivity index (χ1n) is 5.38. The van der Waals surface area contributed by atoms with Crippen LogP contribution in [-0.2, 0) is 20.8 Å². The van der Waals surface area contributed by atoms with Crippen molar-refractivity contribution < 1.29 is 19.0 Å². The zero-order valence-corrected chi connectivity index (χ0v) is 10.1. The molecule has 1 aromatic heterocycles. The number of hydrogen-bond acceptors (Lipinski definition) is 5. The normalized spacial score (nSPS) is 10.2. The van der Waals surface area contributed by atoms with E-state index in [4.69, 9.17) is 9.47 Å². The molecule has 1 aromatic rings. The molecule has 0 unspecified atom stereocenters. The second kappa shape index (κ2) is 7.76. The number of hydrogen-bond donors (Lipinski definition) is 0. The number of rotatable bonds is 7. The minimum atomic E-state index is -0.384. The fraction of sp³-hybridized carbons (Fsp3) is 0.500. The molecule has 94 valence electrons. The van der Waals surface area contributed by atoms with Crippen molar-refractivity contribution in [1.82, 2.24) is 4.98 Å². The van der Waals surface area contributed by atoms with Crippen LogP contribution in [0.2, 0.25) is 0 Å². The maximum Gasteiger partial charge on any atom is 0.339 e. The highest BCUT2D eigenvalue weighted by atomic mass is 16.5. The van der Waals surface area contributed by atoms with E-state index < -0.39 is 0 Å². The minimum Gasteiger partial charge on any atom is -0.465 e. The first-order chi connectivity index (χ1) is 8.27. The lowest BCUT2D eigenvalue weighted by Crippen LogP contribution is -2.04. The van der Waals surface area contributed by atoms with Crippen molar-refractivity contribution >= 4 is 5.97 Å². The van der Waals surface area contributed by atoms with E-state index in [1.165, 1.54) is 13.3 Å². The van der Waals surface area contributed by atoms with Crippen molar-refractivity contribution in [3.8, 4) is 0 Å². The molecule has 0 aromatic carbocycles. The summed E-state index contributed by atoms with van der Waals surface area (Å²) in [4.78, 5) is 15.3. The van der Waals surface area contributed by atoms with E-state index in [1.807, 2.05) is 0 Å². The highest BCUT2D eigenvalue weighted by molar-refractivity contribution is 5.88. The van der Waals surface area contributed by atoms with Crippen LogP contribution in [0.3, 0.4) is 0 Å². The molecule has 0 atom stereocenters. The van der Waals surface area contributed by atoms with Gasteiger partial charge in [0.15, 0.2) is 0 Å². The summed E-state index contributed by atoms with van der Waals surface area (Å²) in [7, 11) is 3.00. The fourth-order valence-electron chi connectivity index (χ4n) is 1.23. The second-order valence-corrected chi connectivity index (χ2v) is 3.43. The molecule has 0 N–H and O–H groups in total. The Morgan fingerprint density at radius 3 is 2.71 bits per heavy atom. The summed E-state index contributed by atoms with van der Waals surface area (Å²) in [5.41, 5.74) is 1.23. The molecule has 5 heteroatoms. The van der Waals surface area contributed by atoms with Crippen LogP contribution in [0.25, 0.3) is 0 Å². The topological polar surface area (TPSA) is 57.7 Å². The third-order valence-electron chi connectivity index (χ3n) is 2.13. The fourth-order valence-corrected chi connectivity index (χ4v) is 1.23. The Balaban J connectivity index is 2.33. The average Bonchev–Trinajstić information content (AvgIpc) is 2.38. The van der Waals surface area contributed by atoms with Gasteiger partial charge in [-0.2, -0.15) is 0 Å². The third-order valence-corrected chi connectivity index (χ3v) is 2.13. The smallest absolute Gasteiger partial charge is 0.339 e. The van der Waals surface area contributed by atoms with Crippen LogP contribution in [0.1, 0.15) is 22.5 Å². The Bertz CT molecular complexity index is 337. The van der Waals surface area contributed by atoms with Crippen LogP contribution in [0.4, 0.5) is 0 Å². The number of pyridine rings is 1. The van der Waals surface area contributed by atoms with Crippen molar-refractivity contribution in [2.24, 2.45) is 0 Å². The van der Waals surface area contributed by atoms with Crippen molar-refractivity contribution in [1.29, 1.82) is 0 Å². The Labute approximate surface area is 101 Å². The van der Waals surface area contributed by atoms with Gasteiger partial charge in [0.2, 0.25) is 0 Å². The molecule has 5 nitrogen and oxygen atoms in total. The number of aromatic nitrogens is 1. The number of nitrogens with zero attached hydrogens (tertiary/aromatic N) is 1.